The van der Waals surface area contributed by atoms with E-state index >= 15 is 0 Å². The summed E-state index contributed by atoms with van der Waals surface area (Å²) >= 11 is 0. The van der Waals surface area contributed by atoms with E-state index in [4.69, 9.17) is 0 Å². The molecule has 0 N–H and O–H groups in total. The zero-order chi connectivity index (χ0) is 21.3. The lowest BCUT2D eigenvalue weighted by Crippen LogP contribution is -2.21. The van der Waals surface area contributed by atoms with Crippen LogP contribution in [0, 0.1) is 0 Å². The summed E-state index contributed by atoms with van der Waals surface area (Å²) < 4.78 is 28.5. The first-order valence-corrected chi connectivity index (χ1v) is 11.2. The van der Waals surface area contributed by atoms with E-state index in [1.165, 1.54) is 0 Å². The van der Waals surface area contributed by atoms with E-state index in [0.29, 0.717) is 11.6 Å². The summed E-state index contributed by atoms with van der Waals surface area (Å²) in [5.41, 5.74) is 3.08. The lowest BCUT2D eigenvalue weighted by atomic mass is 9.89. The van der Waals surface area contributed by atoms with Crippen LogP contribution in [0.2, 0.25) is 0 Å². The summed E-state index contributed by atoms with van der Waals surface area (Å²) in [5, 5.41) is 11.4. The first kappa shape index (κ1) is 21.1. The molecule has 2 heterocycles. The standard InChI is InChI=1S/C21H27N5O2S/c1-13(2)16-11-17(14(3)4)20(18(12-16)15(5)6)29(27,28)26-21(23-24-25-26)19-9-7-8-10-22-19/h7-15H,1-6H3. The maximum absolute atomic E-state index is 13.8. The van der Waals surface area contributed by atoms with Gasteiger partial charge in [-0.15, -0.1) is 9.19 Å². The summed E-state index contributed by atoms with van der Waals surface area (Å²) in [7, 11) is -4.03. The van der Waals surface area contributed by atoms with Crippen LogP contribution in [0.15, 0.2) is 41.4 Å². The molecule has 0 atom stereocenters. The summed E-state index contributed by atoms with van der Waals surface area (Å²) in [4.78, 5) is 4.50. The highest BCUT2D eigenvalue weighted by atomic mass is 32.2. The van der Waals surface area contributed by atoms with Crippen molar-refractivity contribution in [1.29, 1.82) is 0 Å². The molecule has 0 aliphatic heterocycles. The number of pyridine rings is 1. The predicted molar refractivity (Wildman–Crippen MR) is 112 cm³/mol. The zero-order valence-electron chi connectivity index (χ0n) is 17.7. The van der Waals surface area contributed by atoms with Crippen molar-refractivity contribution in [1.82, 2.24) is 24.6 Å². The van der Waals surface area contributed by atoms with Crippen LogP contribution in [0.3, 0.4) is 0 Å². The number of nitrogens with zero attached hydrogens (tertiary/aromatic N) is 5. The Balaban J connectivity index is 2.32. The molecule has 0 spiro atoms. The minimum Gasteiger partial charge on any atom is -0.253 e. The molecule has 3 aromatic rings. The Morgan fingerprint density at radius 2 is 1.52 bits per heavy atom. The van der Waals surface area contributed by atoms with E-state index < -0.39 is 10.0 Å². The molecular weight excluding hydrogens is 386 g/mol. The normalized spacial score (nSPS) is 12.3. The lowest BCUT2D eigenvalue weighted by molar-refractivity contribution is 0.572. The van der Waals surface area contributed by atoms with Crippen LogP contribution < -0.4 is 0 Å². The molecule has 0 aliphatic carbocycles. The molecule has 7 nitrogen and oxygen atoms in total. The molecule has 0 radical (unpaired) electrons. The molecular formula is C21H27N5O2S. The summed E-state index contributed by atoms with van der Waals surface area (Å²) in [6, 6.07) is 9.21. The van der Waals surface area contributed by atoms with Crippen LogP contribution in [0.5, 0.6) is 0 Å². The molecule has 0 amide bonds. The van der Waals surface area contributed by atoms with Gasteiger partial charge in [-0.1, -0.05) is 59.7 Å². The number of aromatic nitrogens is 5. The monoisotopic (exact) mass is 413 g/mol. The van der Waals surface area contributed by atoms with Crippen molar-refractivity contribution in [2.24, 2.45) is 0 Å². The molecule has 0 aliphatic rings. The number of hydrogen-bond acceptors (Lipinski definition) is 6. The van der Waals surface area contributed by atoms with Crippen molar-refractivity contribution >= 4 is 10.0 Å². The van der Waals surface area contributed by atoms with Crippen LogP contribution in [0.4, 0.5) is 0 Å². The van der Waals surface area contributed by atoms with E-state index in [0.717, 1.165) is 20.8 Å². The average molecular weight is 414 g/mol. The molecule has 0 saturated heterocycles. The maximum atomic E-state index is 13.8. The Labute approximate surface area is 172 Å². The minimum atomic E-state index is -4.03. The van der Waals surface area contributed by atoms with Gasteiger partial charge in [-0.25, -0.2) is 0 Å². The third kappa shape index (κ3) is 3.94. The third-order valence-corrected chi connectivity index (χ3v) is 6.59. The van der Waals surface area contributed by atoms with Crippen molar-refractivity contribution in [3.8, 4) is 11.5 Å². The molecule has 2 aromatic heterocycles. The quantitative estimate of drug-likeness (QED) is 0.597. The van der Waals surface area contributed by atoms with Crippen molar-refractivity contribution in [3.63, 3.8) is 0 Å². The first-order valence-electron chi connectivity index (χ1n) is 9.77. The second-order valence-electron chi connectivity index (χ2n) is 8.06. The second-order valence-corrected chi connectivity index (χ2v) is 9.76. The van der Waals surface area contributed by atoms with Crippen LogP contribution >= 0.6 is 0 Å². The SMILES string of the molecule is CC(C)c1cc(C(C)C)c(S(=O)(=O)n2nnnc2-c2ccccn2)c(C(C)C)c1. The van der Waals surface area contributed by atoms with E-state index in [2.05, 4.69) is 34.4 Å². The van der Waals surface area contributed by atoms with Gasteiger partial charge in [-0.05, 0) is 57.0 Å². The van der Waals surface area contributed by atoms with Crippen LogP contribution in [-0.2, 0) is 10.0 Å². The fourth-order valence-electron chi connectivity index (χ4n) is 3.26. The van der Waals surface area contributed by atoms with E-state index in [1.807, 2.05) is 39.8 Å². The lowest BCUT2D eigenvalue weighted by Gasteiger charge is -2.22. The predicted octanol–water partition coefficient (Wildman–Crippen LogP) is 4.34. The van der Waals surface area contributed by atoms with Crippen molar-refractivity contribution < 1.29 is 8.42 Å². The highest BCUT2D eigenvalue weighted by molar-refractivity contribution is 7.90. The number of rotatable bonds is 6. The number of hydrogen-bond donors (Lipinski definition) is 0. The van der Waals surface area contributed by atoms with Gasteiger partial charge in [0, 0.05) is 6.20 Å². The van der Waals surface area contributed by atoms with Gasteiger partial charge < -0.3 is 0 Å². The topological polar surface area (TPSA) is 90.6 Å². The molecule has 0 fully saturated rings. The summed E-state index contributed by atoms with van der Waals surface area (Å²) in [5.74, 6) is 0.429. The largest absolute Gasteiger partial charge is 0.287 e. The van der Waals surface area contributed by atoms with Gasteiger partial charge in [0.25, 0.3) is 10.0 Å². The molecule has 29 heavy (non-hydrogen) atoms. The van der Waals surface area contributed by atoms with Gasteiger partial charge >= 0.3 is 0 Å². The fourth-order valence-corrected chi connectivity index (χ4v) is 5.10. The molecule has 3 rings (SSSR count). The van der Waals surface area contributed by atoms with Gasteiger partial charge in [0.15, 0.2) is 0 Å². The molecule has 0 saturated carbocycles. The second kappa shape index (κ2) is 8.02. The first-order chi connectivity index (χ1) is 13.6. The molecule has 1 aromatic carbocycles. The Kier molecular flexibility index (Phi) is 5.84. The van der Waals surface area contributed by atoms with Crippen molar-refractivity contribution in [3.05, 3.63) is 53.2 Å². The fraction of sp³-hybridized carbons (Fsp3) is 0.429. The Hall–Kier alpha value is -2.61. The third-order valence-electron chi connectivity index (χ3n) is 4.90. The minimum absolute atomic E-state index is 0.0192. The Morgan fingerprint density at radius 1 is 0.897 bits per heavy atom. The van der Waals surface area contributed by atoms with Crippen molar-refractivity contribution in [2.75, 3.05) is 0 Å². The van der Waals surface area contributed by atoms with Crippen molar-refractivity contribution in [2.45, 2.75) is 64.2 Å². The highest BCUT2D eigenvalue weighted by Crippen LogP contribution is 2.36. The van der Waals surface area contributed by atoms with Crippen LogP contribution in [0.1, 0.15) is 76.0 Å². The average Bonchev–Trinajstić information content (AvgIpc) is 3.18. The van der Waals surface area contributed by atoms with E-state index in [9.17, 15) is 8.42 Å². The molecule has 8 heteroatoms. The Morgan fingerprint density at radius 3 is 2.00 bits per heavy atom. The van der Waals surface area contributed by atoms with E-state index in [-0.39, 0.29) is 22.6 Å². The zero-order valence-corrected chi connectivity index (χ0v) is 18.5. The molecule has 154 valence electrons. The van der Waals surface area contributed by atoms with Gasteiger partial charge in [0.05, 0.1) is 4.90 Å². The highest BCUT2D eigenvalue weighted by Gasteiger charge is 2.32. The van der Waals surface area contributed by atoms with E-state index in [1.54, 1.807) is 24.4 Å². The number of benzene rings is 1. The van der Waals surface area contributed by atoms with Gasteiger partial charge in [-0.2, -0.15) is 8.42 Å². The van der Waals surface area contributed by atoms with Gasteiger partial charge in [0.2, 0.25) is 5.82 Å². The molecule has 0 bridgehead atoms. The summed E-state index contributed by atoms with van der Waals surface area (Å²) in [6.07, 6.45) is 1.58. The summed E-state index contributed by atoms with van der Waals surface area (Å²) in [6.45, 7) is 12.2. The Bertz CT molecular complexity index is 1070. The smallest absolute Gasteiger partial charge is 0.253 e. The van der Waals surface area contributed by atoms with Gasteiger partial charge in [-0.3, -0.25) is 4.98 Å². The molecule has 0 unspecified atom stereocenters. The number of tetrazole rings is 1. The van der Waals surface area contributed by atoms with Gasteiger partial charge in [0.1, 0.15) is 5.69 Å². The van der Waals surface area contributed by atoms with Crippen LogP contribution in [-0.4, -0.2) is 33.0 Å². The van der Waals surface area contributed by atoms with Crippen LogP contribution in [0.25, 0.3) is 11.5 Å². The maximum Gasteiger partial charge on any atom is 0.287 e.